The quantitative estimate of drug-likeness (QED) is 0.402. The number of carbonyl (C=O) groups excluding carboxylic acids is 3. The van der Waals surface area contributed by atoms with E-state index in [1.54, 1.807) is 13.8 Å². The van der Waals surface area contributed by atoms with Crippen LogP contribution in [0.5, 0.6) is 0 Å². The van der Waals surface area contributed by atoms with Gasteiger partial charge in [-0.2, -0.15) is 0 Å². The summed E-state index contributed by atoms with van der Waals surface area (Å²) in [6, 6.07) is 6.65. The Balaban J connectivity index is 1.95. The number of benzene rings is 1. The molecule has 1 fully saturated rings. The monoisotopic (exact) mass is 539 g/mol. The molecule has 0 aliphatic carbocycles. The lowest BCUT2D eigenvalue weighted by Crippen LogP contribution is -2.58. The number of halogens is 1. The molecule has 0 aromatic heterocycles. The van der Waals surface area contributed by atoms with Crippen molar-refractivity contribution in [1.29, 1.82) is 0 Å². The highest BCUT2D eigenvalue weighted by atomic mass is 35.5. The molecule has 3 amide bonds. The average molecular weight is 540 g/mol. The van der Waals surface area contributed by atoms with Crippen LogP contribution in [0.3, 0.4) is 0 Å². The number of piperidine rings is 1. The van der Waals surface area contributed by atoms with Crippen LogP contribution in [0.4, 0.5) is 9.59 Å². The molecule has 1 aliphatic heterocycles. The van der Waals surface area contributed by atoms with Crippen molar-refractivity contribution in [1.82, 2.24) is 15.5 Å². The number of amides is 3. The summed E-state index contributed by atoms with van der Waals surface area (Å²) in [5, 5.41) is 15.4. The summed E-state index contributed by atoms with van der Waals surface area (Å²) in [5.41, 5.74) is -0.00753. The third-order valence-electron chi connectivity index (χ3n) is 6.51. The zero-order valence-corrected chi connectivity index (χ0v) is 23.7. The first-order chi connectivity index (χ1) is 17.1. The number of aliphatic hydroxyl groups is 1. The SMILES string of the molecule is CC(O)COC(=O)OC(C)(C)CNC(=O)N[C@@H](C(=O)N1CCC(c2ccc(Cl)cc2)C(C)(C)C1)C(C)C. The zero-order valence-electron chi connectivity index (χ0n) is 23.0. The van der Waals surface area contributed by atoms with E-state index < -0.39 is 29.9 Å². The number of ether oxygens (including phenoxy) is 2. The Labute approximate surface area is 225 Å². The first-order valence-electron chi connectivity index (χ1n) is 12.7. The highest BCUT2D eigenvalue weighted by molar-refractivity contribution is 6.30. The Morgan fingerprint density at radius 2 is 1.81 bits per heavy atom. The minimum atomic E-state index is -1.06. The van der Waals surface area contributed by atoms with Crippen LogP contribution in [-0.4, -0.2) is 72.1 Å². The van der Waals surface area contributed by atoms with Crippen molar-refractivity contribution in [2.75, 3.05) is 26.2 Å². The first-order valence-corrected chi connectivity index (χ1v) is 13.1. The van der Waals surface area contributed by atoms with Gasteiger partial charge in [0.2, 0.25) is 5.91 Å². The minimum Gasteiger partial charge on any atom is -0.432 e. The molecule has 1 aromatic carbocycles. The van der Waals surface area contributed by atoms with E-state index in [1.807, 2.05) is 43.0 Å². The van der Waals surface area contributed by atoms with Gasteiger partial charge in [-0.15, -0.1) is 0 Å². The molecule has 1 aromatic rings. The first kappa shape index (κ1) is 30.7. The standard InChI is InChI=1S/C27H42ClN3O6/c1-17(2)22(30-24(34)29-15-27(6,7)37-25(35)36-14-18(3)32)23(33)31-13-12-21(26(4,5)16-31)19-8-10-20(28)11-9-19/h8-11,17-18,21-22,32H,12-16H2,1-7H3,(H2,29,30,34)/t18?,21?,22-/m1/s1. The molecule has 208 valence electrons. The summed E-state index contributed by atoms with van der Waals surface area (Å²) < 4.78 is 10.0. The van der Waals surface area contributed by atoms with Crippen LogP contribution < -0.4 is 10.6 Å². The van der Waals surface area contributed by atoms with Crippen molar-refractivity contribution >= 4 is 29.7 Å². The van der Waals surface area contributed by atoms with Crippen molar-refractivity contribution in [3.63, 3.8) is 0 Å². The van der Waals surface area contributed by atoms with E-state index in [4.69, 9.17) is 21.1 Å². The number of nitrogens with one attached hydrogen (secondary N) is 2. The van der Waals surface area contributed by atoms with Crippen LogP contribution >= 0.6 is 11.6 Å². The van der Waals surface area contributed by atoms with E-state index in [-0.39, 0.29) is 36.3 Å². The summed E-state index contributed by atoms with van der Waals surface area (Å²) in [7, 11) is 0. The molecule has 3 atom stereocenters. The summed E-state index contributed by atoms with van der Waals surface area (Å²) in [4.78, 5) is 39.8. The lowest BCUT2D eigenvalue weighted by atomic mass is 9.70. The Hall–Kier alpha value is -2.52. The second-order valence-electron chi connectivity index (χ2n) is 11.5. The molecule has 10 heteroatoms. The molecule has 1 heterocycles. The number of hydrogen-bond acceptors (Lipinski definition) is 6. The van der Waals surface area contributed by atoms with Gasteiger partial charge in [-0.25, -0.2) is 9.59 Å². The van der Waals surface area contributed by atoms with Crippen LogP contribution in [0.25, 0.3) is 0 Å². The summed E-state index contributed by atoms with van der Waals surface area (Å²) in [6.07, 6.45) is -0.930. The fourth-order valence-corrected chi connectivity index (χ4v) is 4.66. The molecule has 2 unspecified atom stereocenters. The molecular weight excluding hydrogens is 498 g/mol. The molecule has 9 nitrogen and oxygen atoms in total. The van der Waals surface area contributed by atoms with Gasteiger partial charge in [-0.05, 0) is 62.1 Å². The molecule has 37 heavy (non-hydrogen) atoms. The molecular formula is C27H42ClN3O6. The molecule has 0 spiro atoms. The molecule has 3 N–H and O–H groups in total. The van der Waals surface area contributed by atoms with Crippen molar-refractivity contribution in [3.8, 4) is 0 Å². The predicted molar refractivity (Wildman–Crippen MR) is 143 cm³/mol. The van der Waals surface area contributed by atoms with Crippen molar-refractivity contribution in [2.45, 2.75) is 78.6 Å². The Kier molecular flexibility index (Phi) is 10.6. The van der Waals surface area contributed by atoms with Crippen LogP contribution in [-0.2, 0) is 14.3 Å². The second kappa shape index (κ2) is 12.8. The summed E-state index contributed by atoms with van der Waals surface area (Å²) in [6.45, 7) is 13.8. The van der Waals surface area contributed by atoms with Crippen molar-refractivity contribution < 1.29 is 29.0 Å². The maximum Gasteiger partial charge on any atom is 0.508 e. The van der Waals surface area contributed by atoms with Gasteiger partial charge in [0.15, 0.2) is 0 Å². The molecule has 0 saturated carbocycles. The van der Waals surface area contributed by atoms with E-state index in [2.05, 4.69) is 24.5 Å². The van der Waals surface area contributed by atoms with E-state index in [0.717, 1.165) is 6.42 Å². The van der Waals surface area contributed by atoms with E-state index in [9.17, 15) is 19.5 Å². The lowest BCUT2D eigenvalue weighted by Gasteiger charge is -2.45. The molecule has 2 rings (SSSR count). The van der Waals surface area contributed by atoms with Gasteiger partial charge >= 0.3 is 12.2 Å². The largest absolute Gasteiger partial charge is 0.508 e. The Bertz CT molecular complexity index is 933. The number of urea groups is 1. The fourth-order valence-electron chi connectivity index (χ4n) is 4.53. The maximum absolute atomic E-state index is 13.5. The van der Waals surface area contributed by atoms with Crippen molar-refractivity contribution in [2.24, 2.45) is 11.3 Å². The van der Waals surface area contributed by atoms with Gasteiger partial charge in [0.25, 0.3) is 0 Å². The van der Waals surface area contributed by atoms with Crippen LogP contribution in [0.1, 0.15) is 66.4 Å². The van der Waals surface area contributed by atoms with Gasteiger partial charge < -0.3 is 30.1 Å². The maximum atomic E-state index is 13.5. The molecule has 1 saturated heterocycles. The minimum absolute atomic E-state index is 0.00113. The number of aliphatic hydroxyl groups excluding tert-OH is 1. The highest BCUT2D eigenvalue weighted by Gasteiger charge is 2.40. The smallest absolute Gasteiger partial charge is 0.432 e. The zero-order chi connectivity index (χ0) is 28.0. The number of hydrogen-bond donors (Lipinski definition) is 3. The third kappa shape index (κ3) is 9.38. The number of carbonyl (C=O) groups is 3. The van der Waals surface area contributed by atoms with Gasteiger partial charge in [-0.1, -0.05) is 51.4 Å². The van der Waals surface area contributed by atoms with Crippen molar-refractivity contribution in [3.05, 3.63) is 34.9 Å². The summed E-state index contributed by atoms with van der Waals surface area (Å²) in [5.74, 6) is 0.0390. The Morgan fingerprint density at radius 1 is 1.19 bits per heavy atom. The average Bonchev–Trinajstić information content (AvgIpc) is 2.79. The fraction of sp³-hybridized carbons (Fsp3) is 0.667. The third-order valence-corrected chi connectivity index (χ3v) is 6.76. The normalized spacial score (nSPS) is 19.1. The van der Waals surface area contributed by atoms with E-state index >= 15 is 0 Å². The van der Waals surface area contributed by atoms with Gasteiger partial charge in [0.1, 0.15) is 18.2 Å². The van der Waals surface area contributed by atoms with E-state index in [1.165, 1.54) is 12.5 Å². The predicted octanol–water partition coefficient (Wildman–Crippen LogP) is 4.32. The topological polar surface area (TPSA) is 117 Å². The van der Waals surface area contributed by atoms with Crippen LogP contribution in [0.2, 0.25) is 5.02 Å². The van der Waals surface area contributed by atoms with E-state index in [0.29, 0.717) is 18.1 Å². The number of likely N-dealkylation sites (tertiary alicyclic amines) is 1. The number of nitrogens with zero attached hydrogens (tertiary/aromatic N) is 1. The Morgan fingerprint density at radius 3 is 2.35 bits per heavy atom. The second-order valence-corrected chi connectivity index (χ2v) is 11.9. The highest BCUT2D eigenvalue weighted by Crippen LogP contribution is 2.42. The summed E-state index contributed by atoms with van der Waals surface area (Å²) >= 11 is 6.06. The van der Waals surface area contributed by atoms with Crippen LogP contribution in [0, 0.1) is 11.3 Å². The lowest BCUT2D eigenvalue weighted by molar-refractivity contribution is -0.137. The van der Waals surface area contributed by atoms with Gasteiger partial charge in [0, 0.05) is 18.1 Å². The molecule has 0 radical (unpaired) electrons. The number of rotatable bonds is 9. The van der Waals surface area contributed by atoms with Gasteiger partial charge in [-0.3, -0.25) is 4.79 Å². The van der Waals surface area contributed by atoms with Crippen LogP contribution in [0.15, 0.2) is 24.3 Å². The van der Waals surface area contributed by atoms with Gasteiger partial charge in [0.05, 0.1) is 12.6 Å². The molecule has 1 aliphatic rings. The molecule has 0 bridgehead atoms.